The molecule has 1 aliphatic carbocycles. The first-order valence-corrected chi connectivity index (χ1v) is 11.5. The van der Waals surface area contributed by atoms with Crippen molar-refractivity contribution < 1.29 is 9.84 Å². The van der Waals surface area contributed by atoms with Gasteiger partial charge in [0.05, 0.1) is 19.9 Å². The van der Waals surface area contributed by atoms with Gasteiger partial charge in [0.1, 0.15) is 15.7 Å². The number of nitrogens with two attached hydrogens (primary N) is 1. The van der Waals surface area contributed by atoms with Gasteiger partial charge in [0.2, 0.25) is 0 Å². The van der Waals surface area contributed by atoms with Gasteiger partial charge in [0, 0.05) is 25.3 Å². The van der Waals surface area contributed by atoms with E-state index in [1.54, 1.807) is 18.5 Å². The highest BCUT2D eigenvalue weighted by molar-refractivity contribution is 7.99. The van der Waals surface area contributed by atoms with E-state index in [0.717, 1.165) is 38.2 Å². The molecule has 3 heterocycles. The van der Waals surface area contributed by atoms with Gasteiger partial charge >= 0.3 is 6.01 Å². The van der Waals surface area contributed by atoms with Crippen LogP contribution >= 0.6 is 11.8 Å². The number of methoxy groups -OCH3 is 1. The van der Waals surface area contributed by atoms with Gasteiger partial charge < -0.3 is 20.5 Å². The van der Waals surface area contributed by atoms with E-state index in [1.807, 2.05) is 0 Å². The van der Waals surface area contributed by atoms with Crippen molar-refractivity contribution in [2.45, 2.75) is 42.0 Å². The Hall–Kier alpha value is -2.75. The van der Waals surface area contributed by atoms with E-state index in [-0.39, 0.29) is 18.1 Å². The van der Waals surface area contributed by atoms with E-state index < -0.39 is 0 Å². The number of anilines is 1. The number of nitrogens with zero attached hydrogens (tertiary/aromatic N) is 5. The molecule has 3 aromatic rings. The number of aromatic nitrogens is 4. The zero-order valence-corrected chi connectivity index (χ0v) is 18.8. The standard InChI is InChI=1S/C23H26N6O2S/c1-31-22-25-9-6-18(28-22)32-19-13-26-21(17(14-30)27-19)29-10-7-23(8-11-29)12-15-4-2-3-5-16(15)20(23)24/h2-6,9,13,20,30H,7-8,10-12,14,24H2,1H3/t20-/m1/s1. The van der Waals surface area contributed by atoms with Gasteiger partial charge in [-0.15, -0.1) is 0 Å². The molecular formula is C23H26N6O2S. The van der Waals surface area contributed by atoms with Crippen molar-refractivity contribution in [1.82, 2.24) is 19.9 Å². The Kier molecular flexibility index (Phi) is 5.71. The minimum Gasteiger partial charge on any atom is -0.467 e. The second-order valence-electron chi connectivity index (χ2n) is 8.32. The zero-order chi connectivity index (χ0) is 22.1. The van der Waals surface area contributed by atoms with Gasteiger partial charge in [-0.05, 0) is 53.6 Å². The summed E-state index contributed by atoms with van der Waals surface area (Å²) in [6.45, 7) is 1.52. The lowest BCUT2D eigenvalue weighted by molar-refractivity contribution is 0.186. The third kappa shape index (κ3) is 3.80. The fraction of sp³-hybridized carbons (Fsp3) is 0.391. The smallest absolute Gasteiger partial charge is 0.317 e. The van der Waals surface area contributed by atoms with Crippen LogP contribution in [0.15, 0.2) is 52.8 Å². The van der Waals surface area contributed by atoms with Crippen LogP contribution in [0.3, 0.4) is 0 Å². The summed E-state index contributed by atoms with van der Waals surface area (Å²) in [5, 5.41) is 11.4. The van der Waals surface area contributed by atoms with Crippen molar-refractivity contribution in [3.05, 3.63) is 59.5 Å². The number of ether oxygens (including phenoxy) is 1. The molecule has 0 radical (unpaired) electrons. The van der Waals surface area contributed by atoms with Crippen molar-refractivity contribution in [3.63, 3.8) is 0 Å². The van der Waals surface area contributed by atoms with E-state index in [1.165, 1.54) is 30.0 Å². The predicted molar refractivity (Wildman–Crippen MR) is 122 cm³/mol. The average molecular weight is 451 g/mol. The van der Waals surface area contributed by atoms with Gasteiger partial charge in [0.25, 0.3) is 0 Å². The Balaban J connectivity index is 1.31. The molecule has 1 spiro atoms. The highest BCUT2D eigenvalue weighted by Crippen LogP contribution is 2.51. The summed E-state index contributed by atoms with van der Waals surface area (Å²) in [5.41, 5.74) is 10.1. The minimum atomic E-state index is -0.170. The Labute approximate surface area is 191 Å². The lowest BCUT2D eigenvalue weighted by atomic mass is 9.73. The number of hydrogen-bond acceptors (Lipinski definition) is 9. The van der Waals surface area contributed by atoms with Crippen molar-refractivity contribution in [1.29, 1.82) is 0 Å². The molecule has 0 bridgehead atoms. The number of rotatable bonds is 5. The second-order valence-corrected chi connectivity index (χ2v) is 9.36. The summed E-state index contributed by atoms with van der Waals surface area (Å²) >= 11 is 1.36. The molecule has 2 aromatic heterocycles. The quantitative estimate of drug-likeness (QED) is 0.567. The number of fused-ring (bicyclic) bond motifs is 1. The van der Waals surface area contributed by atoms with Crippen LogP contribution in [-0.2, 0) is 13.0 Å². The van der Waals surface area contributed by atoms with E-state index in [4.69, 9.17) is 10.5 Å². The van der Waals surface area contributed by atoms with Crippen molar-refractivity contribution in [3.8, 4) is 6.01 Å². The molecule has 1 saturated heterocycles. The van der Waals surface area contributed by atoms with Crippen LogP contribution in [0.25, 0.3) is 0 Å². The van der Waals surface area contributed by atoms with E-state index >= 15 is 0 Å². The monoisotopic (exact) mass is 450 g/mol. The third-order valence-corrected chi connectivity index (χ3v) is 7.44. The molecule has 2 aliphatic rings. The minimum absolute atomic E-state index is 0.0767. The second kappa shape index (κ2) is 8.65. The summed E-state index contributed by atoms with van der Waals surface area (Å²) in [6, 6.07) is 10.7. The van der Waals surface area contributed by atoms with Crippen LogP contribution in [0.2, 0.25) is 0 Å². The van der Waals surface area contributed by atoms with Crippen LogP contribution in [-0.4, -0.2) is 45.2 Å². The number of aliphatic hydroxyl groups excluding tert-OH is 1. The summed E-state index contributed by atoms with van der Waals surface area (Å²) < 4.78 is 5.08. The largest absolute Gasteiger partial charge is 0.467 e. The molecular weight excluding hydrogens is 424 g/mol. The van der Waals surface area contributed by atoms with Crippen molar-refractivity contribution in [2.24, 2.45) is 11.1 Å². The fourth-order valence-electron chi connectivity index (χ4n) is 4.88. The number of aliphatic hydroxyl groups is 1. The SMILES string of the molecule is COc1nccc(Sc2cnc(N3CCC4(CC3)Cc3ccccc3[C@H]4N)c(CO)n2)n1. The van der Waals surface area contributed by atoms with Crippen LogP contribution in [0.4, 0.5) is 5.82 Å². The number of benzene rings is 1. The Morgan fingerprint density at radius 3 is 2.72 bits per heavy atom. The third-order valence-electron chi connectivity index (χ3n) is 6.60. The molecule has 8 nitrogen and oxygen atoms in total. The van der Waals surface area contributed by atoms with Crippen LogP contribution in [0.1, 0.15) is 35.7 Å². The molecule has 1 atom stereocenters. The highest BCUT2D eigenvalue weighted by Gasteiger charge is 2.46. The van der Waals surface area contributed by atoms with E-state index in [2.05, 4.69) is 49.1 Å². The lowest BCUT2D eigenvalue weighted by Crippen LogP contribution is -2.45. The zero-order valence-electron chi connectivity index (χ0n) is 17.9. The number of piperidine rings is 1. The molecule has 0 amide bonds. The Bertz CT molecular complexity index is 1120. The molecule has 9 heteroatoms. The number of hydrogen-bond donors (Lipinski definition) is 2. The maximum absolute atomic E-state index is 9.98. The van der Waals surface area contributed by atoms with Crippen molar-refractivity contribution >= 4 is 17.6 Å². The molecule has 1 aliphatic heterocycles. The van der Waals surface area contributed by atoms with Crippen molar-refractivity contribution in [2.75, 3.05) is 25.1 Å². The average Bonchev–Trinajstić information content (AvgIpc) is 3.11. The summed E-state index contributed by atoms with van der Waals surface area (Å²) in [6.07, 6.45) is 6.39. The van der Waals surface area contributed by atoms with E-state index in [9.17, 15) is 5.11 Å². The predicted octanol–water partition coefficient (Wildman–Crippen LogP) is 2.76. The molecule has 0 saturated carbocycles. The topological polar surface area (TPSA) is 110 Å². The molecule has 32 heavy (non-hydrogen) atoms. The van der Waals surface area contributed by atoms with Crippen LogP contribution < -0.4 is 15.4 Å². The maximum atomic E-state index is 9.98. The summed E-state index contributed by atoms with van der Waals surface area (Å²) in [4.78, 5) is 19.8. The highest BCUT2D eigenvalue weighted by atomic mass is 32.2. The molecule has 0 unspecified atom stereocenters. The van der Waals surface area contributed by atoms with E-state index in [0.29, 0.717) is 21.8 Å². The Morgan fingerprint density at radius 2 is 1.97 bits per heavy atom. The fourth-order valence-corrected chi connectivity index (χ4v) is 5.61. The van der Waals surface area contributed by atoms with Gasteiger partial charge in [-0.25, -0.2) is 15.0 Å². The van der Waals surface area contributed by atoms with Gasteiger partial charge in [0.15, 0.2) is 5.82 Å². The summed E-state index contributed by atoms with van der Waals surface area (Å²) in [7, 11) is 1.53. The lowest BCUT2D eigenvalue weighted by Gasteiger charge is -2.42. The first-order valence-electron chi connectivity index (χ1n) is 10.7. The molecule has 1 fully saturated rings. The molecule has 1 aromatic carbocycles. The normalized spacial score (nSPS) is 19.2. The maximum Gasteiger partial charge on any atom is 0.317 e. The molecule has 5 rings (SSSR count). The van der Waals surface area contributed by atoms with Gasteiger partial charge in [-0.3, -0.25) is 0 Å². The van der Waals surface area contributed by atoms with Gasteiger partial charge in [-0.2, -0.15) is 4.98 Å². The van der Waals surface area contributed by atoms with Crippen LogP contribution in [0.5, 0.6) is 6.01 Å². The first kappa shape index (κ1) is 21.1. The molecule has 3 N–H and O–H groups in total. The first-order chi connectivity index (χ1) is 15.6. The van der Waals surface area contributed by atoms with Gasteiger partial charge in [-0.1, -0.05) is 24.3 Å². The van der Waals surface area contributed by atoms with Crippen LogP contribution in [0, 0.1) is 5.41 Å². The molecule has 166 valence electrons. The summed E-state index contributed by atoms with van der Waals surface area (Å²) in [5.74, 6) is 0.746. The Morgan fingerprint density at radius 1 is 1.16 bits per heavy atom.